The zero-order valence-electron chi connectivity index (χ0n) is 10.0. The number of nitrogens with zero attached hydrogens (tertiary/aromatic N) is 1. The lowest BCUT2D eigenvalue weighted by Gasteiger charge is -2.19. The van der Waals surface area contributed by atoms with E-state index < -0.39 is 24.0 Å². The summed E-state index contributed by atoms with van der Waals surface area (Å²) in [6.45, 7) is 1.57. The maximum atomic E-state index is 12.2. The first-order valence-corrected chi connectivity index (χ1v) is 5.66. The summed E-state index contributed by atoms with van der Waals surface area (Å²) >= 11 is 0. The standard InChI is InChI=1S/C13H10N2O4/c1-6-4-10(19-13(6)18)15-11(16)8-3-2-7(14)5-9(8)12(15)17/h2-5,10H,14H2,1H3. The predicted molar refractivity (Wildman–Crippen MR) is 65.0 cm³/mol. The Hall–Kier alpha value is -2.63. The summed E-state index contributed by atoms with van der Waals surface area (Å²) in [6, 6.07) is 4.50. The van der Waals surface area contributed by atoms with Crippen molar-refractivity contribution < 1.29 is 19.1 Å². The fourth-order valence-electron chi connectivity index (χ4n) is 2.15. The molecule has 6 heteroatoms. The van der Waals surface area contributed by atoms with E-state index in [2.05, 4.69) is 0 Å². The van der Waals surface area contributed by atoms with Crippen molar-refractivity contribution in [3.63, 3.8) is 0 Å². The first-order chi connectivity index (χ1) is 8.99. The highest BCUT2D eigenvalue weighted by Crippen LogP contribution is 2.29. The highest BCUT2D eigenvalue weighted by Gasteiger charge is 2.43. The van der Waals surface area contributed by atoms with Crippen molar-refractivity contribution in [3.8, 4) is 0 Å². The Labute approximate surface area is 108 Å². The minimum Gasteiger partial charge on any atom is -0.434 e. The average molecular weight is 258 g/mol. The number of amides is 2. The number of benzene rings is 1. The molecule has 1 atom stereocenters. The molecule has 19 heavy (non-hydrogen) atoms. The van der Waals surface area contributed by atoms with Crippen LogP contribution in [0, 0.1) is 0 Å². The Kier molecular flexibility index (Phi) is 2.22. The molecule has 2 aliphatic rings. The Balaban J connectivity index is 2.02. The number of carbonyl (C=O) groups is 3. The first-order valence-electron chi connectivity index (χ1n) is 5.66. The molecule has 2 N–H and O–H groups in total. The van der Waals surface area contributed by atoms with Crippen LogP contribution in [0.4, 0.5) is 5.69 Å². The van der Waals surface area contributed by atoms with E-state index in [4.69, 9.17) is 10.5 Å². The molecule has 1 unspecified atom stereocenters. The Morgan fingerprint density at radius 2 is 1.84 bits per heavy atom. The van der Waals surface area contributed by atoms with Crippen LogP contribution in [-0.2, 0) is 9.53 Å². The van der Waals surface area contributed by atoms with Gasteiger partial charge >= 0.3 is 5.97 Å². The van der Waals surface area contributed by atoms with Gasteiger partial charge in [0.15, 0.2) is 0 Å². The summed E-state index contributed by atoms with van der Waals surface area (Å²) in [6.07, 6.45) is 0.481. The Morgan fingerprint density at radius 1 is 1.16 bits per heavy atom. The molecule has 1 aromatic carbocycles. The third-order valence-corrected chi connectivity index (χ3v) is 3.14. The SMILES string of the molecule is CC1=CC(N2C(=O)c3ccc(N)cc3C2=O)OC1=O. The monoisotopic (exact) mass is 258 g/mol. The molecule has 2 aliphatic heterocycles. The van der Waals surface area contributed by atoms with Crippen LogP contribution in [0.15, 0.2) is 29.8 Å². The number of hydrogen-bond acceptors (Lipinski definition) is 5. The third-order valence-electron chi connectivity index (χ3n) is 3.14. The number of nitrogens with two attached hydrogens (primary N) is 1. The van der Waals surface area contributed by atoms with Gasteiger partial charge in [0.2, 0.25) is 6.23 Å². The second-order valence-electron chi connectivity index (χ2n) is 4.43. The van der Waals surface area contributed by atoms with E-state index in [1.165, 1.54) is 18.2 Å². The van der Waals surface area contributed by atoms with E-state index in [1.807, 2.05) is 0 Å². The first kappa shape index (κ1) is 11.5. The molecule has 0 saturated carbocycles. The number of imide groups is 1. The smallest absolute Gasteiger partial charge is 0.335 e. The van der Waals surface area contributed by atoms with Crippen LogP contribution in [0.1, 0.15) is 27.6 Å². The summed E-state index contributed by atoms with van der Waals surface area (Å²) in [5, 5.41) is 0. The van der Waals surface area contributed by atoms with Gasteiger partial charge in [-0.05, 0) is 31.2 Å². The maximum absolute atomic E-state index is 12.2. The number of esters is 1. The van der Waals surface area contributed by atoms with Gasteiger partial charge in [0.1, 0.15) is 0 Å². The molecule has 6 nitrogen and oxygen atoms in total. The highest BCUT2D eigenvalue weighted by atomic mass is 16.6. The minimum atomic E-state index is -0.971. The molecule has 0 bridgehead atoms. The van der Waals surface area contributed by atoms with Crippen molar-refractivity contribution >= 4 is 23.5 Å². The second kappa shape index (κ2) is 3.68. The molecule has 3 rings (SSSR count). The van der Waals surface area contributed by atoms with Crippen molar-refractivity contribution in [2.75, 3.05) is 5.73 Å². The number of ether oxygens (including phenoxy) is 1. The average Bonchev–Trinajstić information content (AvgIpc) is 2.79. The molecule has 2 amide bonds. The quantitative estimate of drug-likeness (QED) is 0.455. The molecular formula is C13H10N2O4. The molecule has 0 radical (unpaired) electrons. The number of hydrogen-bond donors (Lipinski definition) is 1. The van der Waals surface area contributed by atoms with Crippen LogP contribution in [0.5, 0.6) is 0 Å². The lowest BCUT2D eigenvalue weighted by molar-refractivity contribution is -0.143. The van der Waals surface area contributed by atoms with Crippen molar-refractivity contribution in [3.05, 3.63) is 41.0 Å². The van der Waals surface area contributed by atoms with E-state index in [-0.39, 0.29) is 11.1 Å². The number of fused-ring (bicyclic) bond motifs is 1. The van der Waals surface area contributed by atoms with Gasteiger partial charge in [0, 0.05) is 11.3 Å². The molecule has 0 aromatic heterocycles. The van der Waals surface area contributed by atoms with Crippen molar-refractivity contribution in [1.82, 2.24) is 4.90 Å². The van der Waals surface area contributed by atoms with Crippen LogP contribution in [0.2, 0.25) is 0 Å². The summed E-state index contributed by atoms with van der Waals surface area (Å²) < 4.78 is 4.98. The largest absolute Gasteiger partial charge is 0.434 e. The van der Waals surface area contributed by atoms with Gasteiger partial charge in [-0.25, -0.2) is 9.69 Å². The maximum Gasteiger partial charge on any atom is 0.335 e. The van der Waals surface area contributed by atoms with E-state index in [1.54, 1.807) is 13.0 Å². The molecule has 2 heterocycles. The van der Waals surface area contributed by atoms with E-state index in [9.17, 15) is 14.4 Å². The van der Waals surface area contributed by atoms with Gasteiger partial charge in [-0.1, -0.05) is 0 Å². The normalized spacial score (nSPS) is 21.5. The summed E-state index contributed by atoms with van der Waals surface area (Å²) in [7, 11) is 0. The summed E-state index contributed by atoms with van der Waals surface area (Å²) in [5.74, 6) is -1.51. The fraction of sp³-hybridized carbons (Fsp3) is 0.154. The molecule has 96 valence electrons. The topological polar surface area (TPSA) is 89.7 Å². The van der Waals surface area contributed by atoms with Crippen molar-refractivity contribution in [2.45, 2.75) is 13.2 Å². The highest BCUT2D eigenvalue weighted by molar-refractivity contribution is 6.22. The predicted octanol–water partition coefficient (Wildman–Crippen LogP) is 0.694. The number of cyclic esters (lactones) is 1. The van der Waals surface area contributed by atoms with Gasteiger partial charge in [-0.15, -0.1) is 0 Å². The zero-order chi connectivity index (χ0) is 13.7. The lowest BCUT2D eigenvalue weighted by atomic mass is 10.1. The molecule has 0 spiro atoms. The van der Waals surface area contributed by atoms with Crippen molar-refractivity contribution in [2.24, 2.45) is 0 Å². The third kappa shape index (κ3) is 1.53. The number of carbonyl (C=O) groups excluding carboxylic acids is 3. The molecule has 1 aromatic rings. The van der Waals surface area contributed by atoms with E-state index >= 15 is 0 Å². The molecule has 0 aliphatic carbocycles. The summed E-state index contributed by atoms with van der Waals surface area (Å²) in [4.78, 5) is 36.6. The Morgan fingerprint density at radius 3 is 2.47 bits per heavy atom. The molecule has 0 saturated heterocycles. The van der Waals surface area contributed by atoms with Crippen LogP contribution < -0.4 is 5.73 Å². The van der Waals surface area contributed by atoms with E-state index in [0.717, 1.165) is 4.90 Å². The van der Waals surface area contributed by atoms with Gasteiger partial charge in [-0.2, -0.15) is 0 Å². The summed E-state index contributed by atoms with van der Waals surface area (Å²) in [5.41, 5.74) is 6.88. The van der Waals surface area contributed by atoms with E-state index in [0.29, 0.717) is 11.3 Å². The van der Waals surface area contributed by atoms with Crippen LogP contribution in [-0.4, -0.2) is 28.9 Å². The van der Waals surface area contributed by atoms with Gasteiger partial charge in [-0.3, -0.25) is 9.59 Å². The fourth-order valence-corrected chi connectivity index (χ4v) is 2.15. The van der Waals surface area contributed by atoms with Crippen molar-refractivity contribution in [1.29, 1.82) is 0 Å². The van der Waals surface area contributed by atoms with Gasteiger partial charge in [0.05, 0.1) is 11.1 Å². The van der Waals surface area contributed by atoms with Crippen LogP contribution in [0.25, 0.3) is 0 Å². The molecule has 0 fully saturated rings. The number of rotatable bonds is 1. The van der Waals surface area contributed by atoms with Crippen LogP contribution in [0.3, 0.4) is 0 Å². The lowest BCUT2D eigenvalue weighted by Crippen LogP contribution is -2.39. The molecular weight excluding hydrogens is 248 g/mol. The number of anilines is 1. The zero-order valence-corrected chi connectivity index (χ0v) is 10.0. The Bertz CT molecular complexity index is 663. The van der Waals surface area contributed by atoms with Gasteiger partial charge < -0.3 is 10.5 Å². The number of nitrogen functional groups attached to an aromatic ring is 1. The van der Waals surface area contributed by atoms with Gasteiger partial charge in [0.25, 0.3) is 11.8 Å². The van der Waals surface area contributed by atoms with Crippen LogP contribution >= 0.6 is 0 Å². The second-order valence-corrected chi connectivity index (χ2v) is 4.43. The minimum absolute atomic E-state index is 0.235.